The zero-order chi connectivity index (χ0) is 18.0. The fourth-order valence-corrected chi connectivity index (χ4v) is 3.13. The molecule has 3 rings (SSSR count). The molecule has 0 aromatic heterocycles. The van der Waals surface area contributed by atoms with Crippen LogP contribution in [0.1, 0.15) is 30.1 Å². The van der Waals surface area contributed by atoms with Crippen LogP contribution in [0.3, 0.4) is 0 Å². The van der Waals surface area contributed by atoms with Gasteiger partial charge in [0.1, 0.15) is 0 Å². The third-order valence-electron chi connectivity index (χ3n) is 4.35. The van der Waals surface area contributed by atoms with E-state index < -0.39 is 6.09 Å². The number of nitrogens with one attached hydrogen (secondary N) is 1. The van der Waals surface area contributed by atoms with E-state index in [2.05, 4.69) is 5.32 Å². The van der Waals surface area contributed by atoms with Gasteiger partial charge in [0.15, 0.2) is 6.61 Å². The molecule has 4 amide bonds. The van der Waals surface area contributed by atoms with Crippen LogP contribution >= 0.6 is 0 Å². The predicted octanol–water partition coefficient (Wildman–Crippen LogP) is 1.23. The van der Waals surface area contributed by atoms with E-state index in [1.807, 2.05) is 0 Å². The van der Waals surface area contributed by atoms with E-state index in [0.717, 1.165) is 0 Å². The first-order chi connectivity index (χ1) is 12.0. The van der Waals surface area contributed by atoms with Gasteiger partial charge in [0.05, 0.1) is 0 Å². The van der Waals surface area contributed by atoms with Gasteiger partial charge in [-0.25, -0.2) is 9.69 Å². The van der Waals surface area contributed by atoms with Gasteiger partial charge in [-0.1, -0.05) is 0 Å². The number of carbonyl (C=O) groups excluding carboxylic acids is 4. The Bertz CT molecular complexity index is 691. The number of benzene rings is 1. The summed E-state index contributed by atoms with van der Waals surface area (Å²) < 4.78 is 4.74. The number of piperidine rings is 1. The van der Waals surface area contributed by atoms with Gasteiger partial charge >= 0.3 is 6.09 Å². The van der Waals surface area contributed by atoms with E-state index in [4.69, 9.17) is 4.74 Å². The topological polar surface area (TPSA) is 96.0 Å². The zero-order valence-electron chi connectivity index (χ0n) is 13.9. The monoisotopic (exact) mass is 345 g/mol. The average Bonchev–Trinajstić information content (AvgIpc) is 2.93. The molecule has 25 heavy (non-hydrogen) atoms. The second-order valence-electron chi connectivity index (χ2n) is 6.10. The number of ether oxygens (including phenoxy) is 1. The number of hydrogen-bond acceptors (Lipinski definition) is 5. The van der Waals surface area contributed by atoms with Crippen molar-refractivity contribution in [2.75, 3.05) is 25.0 Å². The molecular formula is C17H19N3O5. The number of likely N-dealkylation sites (tertiary alicyclic amines) is 1. The number of anilines is 1. The number of hydrogen-bond donors (Lipinski definition) is 1. The van der Waals surface area contributed by atoms with Crippen LogP contribution in [0.15, 0.2) is 24.3 Å². The standard InChI is InChI=1S/C17H19N3O5/c1-11(21)18-13-4-2-12(3-5-13)16(23)19-8-6-14(7-9-19)20-15(22)10-25-17(20)24/h2-5,14H,6-10H2,1H3,(H,18,21). The molecule has 2 aliphatic rings. The first-order valence-electron chi connectivity index (χ1n) is 8.11. The fourth-order valence-electron chi connectivity index (χ4n) is 3.13. The van der Waals surface area contributed by atoms with E-state index in [0.29, 0.717) is 37.2 Å². The van der Waals surface area contributed by atoms with Gasteiger partial charge in [0, 0.05) is 37.3 Å². The van der Waals surface area contributed by atoms with Gasteiger partial charge in [0.25, 0.3) is 11.8 Å². The van der Waals surface area contributed by atoms with Gasteiger partial charge in [-0.15, -0.1) is 0 Å². The number of carbonyl (C=O) groups is 4. The first-order valence-corrected chi connectivity index (χ1v) is 8.11. The fraction of sp³-hybridized carbons (Fsp3) is 0.412. The van der Waals surface area contributed by atoms with Gasteiger partial charge in [0.2, 0.25) is 5.91 Å². The summed E-state index contributed by atoms with van der Waals surface area (Å²) in [5, 5.41) is 2.65. The van der Waals surface area contributed by atoms with Crippen LogP contribution in [0.4, 0.5) is 10.5 Å². The van der Waals surface area contributed by atoms with Crippen molar-refractivity contribution in [3.63, 3.8) is 0 Å². The minimum atomic E-state index is -0.594. The summed E-state index contributed by atoms with van der Waals surface area (Å²) in [6.07, 6.45) is 0.482. The molecule has 0 spiro atoms. The van der Waals surface area contributed by atoms with E-state index >= 15 is 0 Å². The third-order valence-corrected chi connectivity index (χ3v) is 4.35. The van der Waals surface area contributed by atoms with Crippen molar-refractivity contribution in [3.05, 3.63) is 29.8 Å². The summed E-state index contributed by atoms with van der Waals surface area (Å²) in [6.45, 7) is 2.16. The minimum absolute atomic E-state index is 0.108. The highest BCUT2D eigenvalue weighted by molar-refractivity contribution is 5.98. The quantitative estimate of drug-likeness (QED) is 0.889. The van der Waals surface area contributed by atoms with Crippen LogP contribution in [-0.4, -0.2) is 59.4 Å². The Hall–Kier alpha value is -2.90. The van der Waals surface area contributed by atoms with Gasteiger partial charge < -0.3 is 15.0 Å². The van der Waals surface area contributed by atoms with E-state index in [1.54, 1.807) is 29.2 Å². The lowest BCUT2D eigenvalue weighted by atomic mass is 10.0. The van der Waals surface area contributed by atoms with Crippen LogP contribution < -0.4 is 5.32 Å². The van der Waals surface area contributed by atoms with Crippen LogP contribution in [0.25, 0.3) is 0 Å². The van der Waals surface area contributed by atoms with Crippen LogP contribution in [0, 0.1) is 0 Å². The van der Waals surface area contributed by atoms with Crippen molar-refractivity contribution in [3.8, 4) is 0 Å². The Balaban J connectivity index is 1.59. The minimum Gasteiger partial charge on any atom is -0.439 e. The zero-order valence-corrected chi connectivity index (χ0v) is 13.9. The summed E-state index contributed by atoms with van der Waals surface area (Å²) in [7, 11) is 0. The van der Waals surface area contributed by atoms with Crippen molar-refractivity contribution in [1.82, 2.24) is 9.80 Å². The van der Waals surface area contributed by atoms with Crippen molar-refractivity contribution >= 4 is 29.5 Å². The predicted molar refractivity (Wildman–Crippen MR) is 87.9 cm³/mol. The molecule has 0 radical (unpaired) electrons. The highest BCUT2D eigenvalue weighted by atomic mass is 16.6. The lowest BCUT2D eigenvalue weighted by Gasteiger charge is -2.34. The molecule has 1 aromatic rings. The normalized spacial score (nSPS) is 18.3. The van der Waals surface area contributed by atoms with Crippen LogP contribution in [-0.2, 0) is 14.3 Å². The Morgan fingerprint density at radius 3 is 2.28 bits per heavy atom. The van der Waals surface area contributed by atoms with Gasteiger partial charge in [-0.2, -0.15) is 0 Å². The Morgan fingerprint density at radius 2 is 1.76 bits per heavy atom. The first kappa shape index (κ1) is 16.9. The summed E-state index contributed by atoms with van der Waals surface area (Å²) in [6, 6.07) is 6.48. The molecule has 1 aromatic carbocycles. The van der Waals surface area contributed by atoms with E-state index in [1.165, 1.54) is 11.8 Å². The third kappa shape index (κ3) is 3.62. The Kier molecular flexibility index (Phi) is 4.69. The molecule has 2 heterocycles. The summed E-state index contributed by atoms with van der Waals surface area (Å²) in [4.78, 5) is 49.7. The maximum Gasteiger partial charge on any atom is 0.417 e. The number of nitrogens with zero attached hydrogens (tertiary/aromatic N) is 2. The smallest absolute Gasteiger partial charge is 0.417 e. The molecule has 2 fully saturated rings. The molecule has 1 N–H and O–H groups in total. The number of rotatable bonds is 3. The molecule has 2 aliphatic heterocycles. The SMILES string of the molecule is CC(=O)Nc1ccc(C(=O)N2CCC(N3C(=O)COC3=O)CC2)cc1. The van der Waals surface area contributed by atoms with E-state index in [-0.39, 0.29) is 30.4 Å². The lowest BCUT2D eigenvalue weighted by molar-refractivity contribution is -0.127. The highest BCUT2D eigenvalue weighted by Crippen LogP contribution is 2.22. The molecule has 132 valence electrons. The second kappa shape index (κ2) is 6.92. The maximum absolute atomic E-state index is 12.6. The summed E-state index contributed by atoms with van der Waals surface area (Å²) >= 11 is 0. The molecule has 0 saturated carbocycles. The lowest BCUT2D eigenvalue weighted by Crippen LogP contribution is -2.48. The molecule has 0 bridgehead atoms. The van der Waals surface area contributed by atoms with Crippen molar-refractivity contribution in [2.24, 2.45) is 0 Å². The molecule has 8 heteroatoms. The molecule has 8 nitrogen and oxygen atoms in total. The van der Waals surface area contributed by atoms with E-state index in [9.17, 15) is 19.2 Å². The van der Waals surface area contributed by atoms with Crippen LogP contribution in [0.2, 0.25) is 0 Å². The van der Waals surface area contributed by atoms with Crippen LogP contribution in [0.5, 0.6) is 0 Å². The molecule has 0 atom stereocenters. The van der Waals surface area contributed by atoms with Gasteiger partial charge in [-0.3, -0.25) is 14.4 Å². The average molecular weight is 345 g/mol. The van der Waals surface area contributed by atoms with Gasteiger partial charge in [-0.05, 0) is 37.1 Å². The maximum atomic E-state index is 12.6. The number of cyclic esters (lactones) is 1. The Morgan fingerprint density at radius 1 is 1.12 bits per heavy atom. The Labute approximate surface area is 144 Å². The van der Waals surface area contributed by atoms with Crippen molar-refractivity contribution in [1.29, 1.82) is 0 Å². The highest BCUT2D eigenvalue weighted by Gasteiger charge is 2.39. The largest absolute Gasteiger partial charge is 0.439 e. The summed E-state index contributed by atoms with van der Waals surface area (Å²) in [5.41, 5.74) is 1.16. The molecule has 2 saturated heterocycles. The number of amides is 4. The molecule has 0 unspecified atom stereocenters. The molecular weight excluding hydrogens is 326 g/mol. The summed E-state index contributed by atoms with van der Waals surface area (Å²) in [5.74, 6) is -0.595. The molecule has 0 aliphatic carbocycles. The van der Waals surface area contributed by atoms with Crippen molar-refractivity contribution < 1.29 is 23.9 Å². The van der Waals surface area contributed by atoms with Crippen molar-refractivity contribution in [2.45, 2.75) is 25.8 Å². The second-order valence-corrected chi connectivity index (χ2v) is 6.10. The number of imide groups is 1.